The van der Waals surface area contributed by atoms with Crippen LogP contribution in [0, 0.1) is 11.8 Å². The van der Waals surface area contributed by atoms with Crippen molar-refractivity contribution >= 4 is 5.97 Å². The van der Waals surface area contributed by atoms with Crippen LogP contribution in [0.25, 0.3) is 0 Å². The standard InChI is InChI=1S/C17H26O10/c1-17(23)4-3-7-8(14(22)24-2)6-25-15(10(7)17)27-16-13(21)12(20)11(19)9(5-18)26-16/h6-7,9-13,15-16,18-21,23H,3-5H2,1-2H3/t7-,9-,10+,11-,12+,13-,15+,16+,17-/m1/s1. The molecule has 1 saturated heterocycles. The maximum Gasteiger partial charge on any atom is 0.337 e. The highest BCUT2D eigenvalue weighted by atomic mass is 16.8. The van der Waals surface area contributed by atoms with Crippen LogP contribution >= 0.6 is 0 Å². The van der Waals surface area contributed by atoms with Crippen LogP contribution in [0.2, 0.25) is 0 Å². The molecular formula is C17H26O10. The number of carbonyl (C=O) groups excluding carboxylic acids is 1. The van der Waals surface area contributed by atoms with Crippen LogP contribution in [0.4, 0.5) is 0 Å². The van der Waals surface area contributed by atoms with Crippen molar-refractivity contribution in [1.82, 2.24) is 0 Å². The fourth-order valence-electron chi connectivity index (χ4n) is 4.12. The van der Waals surface area contributed by atoms with Crippen molar-refractivity contribution in [3.05, 3.63) is 11.8 Å². The predicted octanol–water partition coefficient (Wildman–Crippen LogP) is -2.01. The molecular weight excluding hydrogens is 364 g/mol. The Morgan fingerprint density at radius 2 is 1.96 bits per heavy atom. The summed E-state index contributed by atoms with van der Waals surface area (Å²) in [5, 5.41) is 49.9. The highest BCUT2D eigenvalue weighted by Gasteiger charge is 2.56. The van der Waals surface area contributed by atoms with Crippen LogP contribution in [-0.2, 0) is 23.7 Å². The van der Waals surface area contributed by atoms with Crippen molar-refractivity contribution in [1.29, 1.82) is 0 Å². The molecule has 154 valence electrons. The number of fused-ring (bicyclic) bond motifs is 1. The fourth-order valence-corrected chi connectivity index (χ4v) is 4.12. The number of methoxy groups -OCH3 is 1. The summed E-state index contributed by atoms with van der Waals surface area (Å²) in [5.74, 6) is -1.59. The van der Waals surface area contributed by atoms with Crippen LogP contribution in [-0.4, -0.2) is 87.8 Å². The first kappa shape index (κ1) is 20.5. The van der Waals surface area contributed by atoms with E-state index in [4.69, 9.17) is 18.9 Å². The van der Waals surface area contributed by atoms with Crippen LogP contribution < -0.4 is 0 Å². The lowest BCUT2D eigenvalue weighted by Crippen LogP contribution is -2.60. The minimum atomic E-state index is -1.60. The Balaban J connectivity index is 1.82. The molecule has 2 heterocycles. The van der Waals surface area contributed by atoms with Crippen molar-refractivity contribution < 1.29 is 49.3 Å². The molecule has 1 saturated carbocycles. The molecule has 10 nitrogen and oxygen atoms in total. The summed E-state index contributed by atoms with van der Waals surface area (Å²) in [6, 6.07) is 0. The highest BCUT2D eigenvalue weighted by Crippen LogP contribution is 2.49. The first-order valence-electron chi connectivity index (χ1n) is 8.83. The molecule has 0 bridgehead atoms. The highest BCUT2D eigenvalue weighted by molar-refractivity contribution is 5.89. The first-order chi connectivity index (χ1) is 12.7. The van der Waals surface area contributed by atoms with Gasteiger partial charge in [-0.25, -0.2) is 4.79 Å². The van der Waals surface area contributed by atoms with E-state index in [0.717, 1.165) is 0 Å². The second-order valence-corrected chi connectivity index (χ2v) is 7.43. The lowest BCUT2D eigenvalue weighted by Gasteiger charge is -2.44. The van der Waals surface area contributed by atoms with Crippen LogP contribution in [0.15, 0.2) is 11.8 Å². The molecule has 3 aliphatic rings. The quantitative estimate of drug-likeness (QED) is 0.340. The summed E-state index contributed by atoms with van der Waals surface area (Å²) in [6.07, 6.45) is -6.19. The van der Waals surface area contributed by atoms with E-state index in [2.05, 4.69) is 0 Å². The molecule has 3 rings (SSSR count). The minimum absolute atomic E-state index is 0.286. The lowest BCUT2D eigenvalue weighted by atomic mass is 9.81. The molecule has 2 fully saturated rings. The summed E-state index contributed by atoms with van der Waals surface area (Å²) >= 11 is 0. The molecule has 0 unspecified atom stereocenters. The summed E-state index contributed by atoms with van der Waals surface area (Å²) < 4.78 is 21.3. The maximum atomic E-state index is 12.0. The number of carbonyl (C=O) groups is 1. The van der Waals surface area contributed by atoms with Gasteiger partial charge in [0.25, 0.3) is 0 Å². The van der Waals surface area contributed by atoms with Crippen LogP contribution in [0.5, 0.6) is 0 Å². The smallest absolute Gasteiger partial charge is 0.337 e. The van der Waals surface area contributed by atoms with E-state index in [0.29, 0.717) is 12.8 Å². The maximum absolute atomic E-state index is 12.0. The van der Waals surface area contributed by atoms with E-state index < -0.39 is 61.1 Å². The number of hydrogen-bond donors (Lipinski definition) is 5. The average Bonchev–Trinajstić information content (AvgIpc) is 2.97. The van der Waals surface area contributed by atoms with Gasteiger partial charge in [-0.05, 0) is 19.8 Å². The molecule has 27 heavy (non-hydrogen) atoms. The molecule has 0 radical (unpaired) electrons. The Morgan fingerprint density at radius 1 is 1.26 bits per heavy atom. The molecule has 0 amide bonds. The van der Waals surface area contributed by atoms with Gasteiger partial charge in [0.05, 0.1) is 37.1 Å². The van der Waals surface area contributed by atoms with Crippen molar-refractivity contribution in [3.8, 4) is 0 Å². The number of rotatable bonds is 4. The third kappa shape index (κ3) is 3.58. The Bertz CT molecular complexity index is 588. The fraction of sp³-hybridized carbons (Fsp3) is 0.824. The summed E-state index contributed by atoms with van der Waals surface area (Å²) in [5.41, 5.74) is -0.925. The molecule has 0 aromatic rings. The third-order valence-electron chi connectivity index (χ3n) is 5.67. The van der Waals surface area contributed by atoms with E-state index in [1.54, 1.807) is 6.92 Å². The lowest BCUT2D eigenvalue weighted by molar-refractivity contribution is -0.346. The van der Waals surface area contributed by atoms with Gasteiger partial charge < -0.3 is 44.5 Å². The van der Waals surface area contributed by atoms with Crippen molar-refractivity contribution in [2.24, 2.45) is 11.8 Å². The molecule has 10 heteroatoms. The third-order valence-corrected chi connectivity index (χ3v) is 5.67. The molecule has 0 spiro atoms. The topological polar surface area (TPSA) is 155 Å². The van der Waals surface area contributed by atoms with E-state index in [1.807, 2.05) is 0 Å². The monoisotopic (exact) mass is 390 g/mol. The van der Waals surface area contributed by atoms with Gasteiger partial charge in [-0.3, -0.25) is 0 Å². The normalized spacial score (nSPS) is 47.0. The SMILES string of the molecule is COC(=O)C1=CO[C@@H](O[C@@H]2O[C@H](CO)[C@@H](O)[C@H](O)[C@H]2O)[C@@H]2[C@@H]1CC[C@@]2(C)O. The van der Waals surface area contributed by atoms with Gasteiger partial charge in [-0.2, -0.15) is 0 Å². The molecule has 0 aromatic heterocycles. The number of aliphatic hydroxyl groups excluding tert-OH is 4. The van der Waals surface area contributed by atoms with Crippen LogP contribution in [0.1, 0.15) is 19.8 Å². The molecule has 1 aliphatic carbocycles. The molecule has 0 aromatic carbocycles. The largest absolute Gasteiger partial charge is 0.471 e. The van der Waals surface area contributed by atoms with Gasteiger partial charge in [0.1, 0.15) is 24.4 Å². The average molecular weight is 390 g/mol. The number of hydrogen-bond acceptors (Lipinski definition) is 10. The van der Waals surface area contributed by atoms with Crippen molar-refractivity contribution in [2.45, 2.75) is 62.4 Å². The van der Waals surface area contributed by atoms with Crippen molar-refractivity contribution in [2.75, 3.05) is 13.7 Å². The van der Waals surface area contributed by atoms with Crippen molar-refractivity contribution in [3.63, 3.8) is 0 Å². The summed E-state index contributed by atoms with van der Waals surface area (Å²) in [6.45, 7) is 1.01. The van der Waals surface area contributed by atoms with E-state index in [-0.39, 0.29) is 11.5 Å². The Labute approximate surface area is 155 Å². The van der Waals surface area contributed by atoms with Gasteiger partial charge in [0.15, 0.2) is 6.29 Å². The Hall–Kier alpha value is -1.27. The van der Waals surface area contributed by atoms with E-state index >= 15 is 0 Å². The second-order valence-electron chi connectivity index (χ2n) is 7.43. The zero-order valence-corrected chi connectivity index (χ0v) is 15.1. The van der Waals surface area contributed by atoms with Gasteiger partial charge in [0, 0.05) is 5.92 Å². The second kappa shape index (κ2) is 7.63. The number of ether oxygens (including phenoxy) is 4. The first-order valence-corrected chi connectivity index (χ1v) is 8.83. The van der Waals surface area contributed by atoms with Gasteiger partial charge in [0.2, 0.25) is 6.29 Å². The predicted molar refractivity (Wildman–Crippen MR) is 86.7 cm³/mol. The Kier molecular flexibility index (Phi) is 5.78. The zero-order chi connectivity index (χ0) is 19.9. The summed E-state index contributed by atoms with van der Waals surface area (Å²) in [7, 11) is 1.25. The van der Waals surface area contributed by atoms with Gasteiger partial charge >= 0.3 is 5.97 Å². The Morgan fingerprint density at radius 3 is 2.59 bits per heavy atom. The van der Waals surface area contributed by atoms with E-state index in [9.17, 15) is 30.3 Å². The molecule has 9 atom stereocenters. The number of esters is 1. The minimum Gasteiger partial charge on any atom is -0.471 e. The number of aliphatic hydroxyl groups is 5. The van der Waals surface area contributed by atoms with Crippen LogP contribution in [0.3, 0.4) is 0 Å². The summed E-state index contributed by atoms with van der Waals surface area (Å²) in [4.78, 5) is 12.0. The molecule has 5 N–H and O–H groups in total. The van der Waals surface area contributed by atoms with E-state index in [1.165, 1.54) is 13.4 Å². The molecule has 2 aliphatic heterocycles. The van der Waals surface area contributed by atoms with Gasteiger partial charge in [-0.15, -0.1) is 0 Å². The zero-order valence-electron chi connectivity index (χ0n) is 15.1. The van der Waals surface area contributed by atoms with Gasteiger partial charge in [-0.1, -0.05) is 0 Å².